The molecule has 1 aliphatic rings. The quantitative estimate of drug-likeness (QED) is 0.701. The van der Waals surface area contributed by atoms with Gasteiger partial charge in [0.05, 0.1) is 12.7 Å². The molecule has 7 heteroatoms. The number of likely N-dealkylation sites (N-methyl/N-ethyl adjacent to an activating group) is 1. The molecule has 1 aliphatic carbocycles. The van der Waals surface area contributed by atoms with E-state index in [1.165, 1.54) is 6.20 Å². The van der Waals surface area contributed by atoms with Crippen LogP contribution in [0.2, 0.25) is 0 Å². The fraction of sp³-hybridized carbons (Fsp3) is 0.769. The van der Waals surface area contributed by atoms with Gasteiger partial charge in [0, 0.05) is 18.3 Å². The Kier molecular flexibility index (Phi) is 4.51. The van der Waals surface area contributed by atoms with E-state index in [9.17, 15) is 8.42 Å². The summed E-state index contributed by atoms with van der Waals surface area (Å²) in [6, 6.07) is 0. The zero-order chi connectivity index (χ0) is 14.8. The normalized spacial score (nSPS) is 16.6. The summed E-state index contributed by atoms with van der Waals surface area (Å²) in [4.78, 5) is 0.239. The predicted octanol–water partition coefficient (Wildman–Crippen LogP) is 0.960. The number of hydrogen-bond donors (Lipinski definition) is 2. The minimum absolute atomic E-state index is 0.239. The summed E-state index contributed by atoms with van der Waals surface area (Å²) < 4.78 is 29.1. The van der Waals surface area contributed by atoms with E-state index in [0.717, 1.165) is 25.9 Å². The van der Waals surface area contributed by atoms with Crippen LogP contribution in [-0.2, 0) is 16.6 Å². The Bertz CT molecular complexity index is 546. The van der Waals surface area contributed by atoms with E-state index in [4.69, 9.17) is 0 Å². The Morgan fingerprint density at radius 1 is 1.45 bits per heavy atom. The lowest BCUT2D eigenvalue weighted by Gasteiger charge is -2.25. The molecular formula is C13H24N4O2S. The first-order valence-corrected chi connectivity index (χ1v) is 8.60. The van der Waals surface area contributed by atoms with Crippen LogP contribution in [0.5, 0.6) is 0 Å². The molecule has 1 fully saturated rings. The summed E-state index contributed by atoms with van der Waals surface area (Å²) >= 11 is 0. The van der Waals surface area contributed by atoms with Crippen LogP contribution >= 0.6 is 0 Å². The second kappa shape index (κ2) is 5.83. The Morgan fingerprint density at radius 3 is 2.75 bits per heavy atom. The van der Waals surface area contributed by atoms with Gasteiger partial charge in [-0.05, 0) is 39.2 Å². The SMILES string of the molecule is CCNCCn1cc(S(=O)(=O)NC(C)(C)C2CC2)cn1. The largest absolute Gasteiger partial charge is 0.315 e. The molecule has 2 rings (SSSR count). The van der Waals surface area contributed by atoms with Crippen LogP contribution in [0.25, 0.3) is 0 Å². The third kappa shape index (κ3) is 3.80. The summed E-state index contributed by atoms with van der Waals surface area (Å²) in [5, 5.41) is 7.28. The van der Waals surface area contributed by atoms with Gasteiger partial charge < -0.3 is 5.32 Å². The van der Waals surface area contributed by atoms with Gasteiger partial charge in [-0.3, -0.25) is 4.68 Å². The van der Waals surface area contributed by atoms with Gasteiger partial charge in [-0.25, -0.2) is 13.1 Å². The van der Waals surface area contributed by atoms with Gasteiger partial charge in [0.2, 0.25) is 10.0 Å². The fourth-order valence-corrected chi connectivity index (χ4v) is 3.69. The van der Waals surface area contributed by atoms with E-state index < -0.39 is 10.0 Å². The maximum Gasteiger partial charge on any atom is 0.244 e. The van der Waals surface area contributed by atoms with Crippen molar-refractivity contribution in [1.82, 2.24) is 19.8 Å². The molecule has 114 valence electrons. The van der Waals surface area contributed by atoms with E-state index in [1.807, 2.05) is 20.8 Å². The van der Waals surface area contributed by atoms with Crippen molar-refractivity contribution in [2.24, 2.45) is 5.92 Å². The molecule has 6 nitrogen and oxygen atoms in total. The molecule has 20 heavy (non-hydrogen) atoms. The predicted molar refractivity (Wildman–Crippen MR) is 77.9 cm³/mol. The highest BCUT2D eigenvalue weighted by atomic mass is 32.2. The Hall–Kier alpha value is -0.920. The molecule has 0 atom stereocenters. The number of rotatable bonds is 8. The standard InChI is InChI=1S/C13H24N4O2S/c1-4-14-7-8-17-10-12(9-15-17)20(18,19)16-13(2,3)11-5-6-11/h9-11,14,16H,4-8H2,1-3H3. The molecule has 0 radical (unpaired) electrons. The number of aromatic nitrogens is 2. The number of sulfonamides is 1. The van der Waals surface area contributed by atoms with Crippen LogP contribution in [0.1, 0.15) is 33.6 Å². The lowest BCUT2D eigenvalue weighted by molar-refractivity contribution is 0.400. The highest BCUT2D eigenvalue weighted by Gasteiger charge is 2.40. The molecule has 0 amide bonds. The highest BCUT2D eigenvalue weighted by molar-refractivity contribution is 7.89. The molecule has 2 N–H and O–H groups in total. The van der Waals surface area contributed by atoms with E-state index in [0.29, 0.717) is 12.5 Å². The first-order valence-electron chi connectivity index (χ1n) is 7.12. The number of nitrogens with zero attached hydrogens (tertiary/aromatic N) is 2. The molecule has 1 heterocycles. The zero-order valence-corrected chi connectivity index (χ0v) is 13.2. The molecule has 0 saturated heterocycles. The molecule has 0 aliphatic heterocycles. The average Bonchev–Trinajstić information content (AvgIpc) is 3.09. The third-order valence-electron chi connectivity index (χ3n) is 3.68. The Balaban J connectivity index is 2.02. The molecule has 1 aromatic rings. The van der Waals surface area contributed by atoms with Crippen molar-refractivity contribution >= 4 is 10.0 Å². The lowest BCUT2D eigenvalue weighted by atomic mass is 10.0. The first-order chi connectivity index (χ1) is 9.35. The van der Waals surface area contributed by atoms with Gasteiger partial charge in [-0.1, -0.05) is 6.92 Å². The van der Waals surface area contributed by atoms with Gasteiger partial charge in [0.1, 0.15) is 4.90 Å². The molecule has 1 aromatic heterocycles. The van der Waals surface area contributed by atoms with Gasteiger partial charge in [0.15, 0.2) is 0 Å². The fourth-order valence-electron chi connectivity index (χ4n) is 2.27. The average molecular weight is 300 g/mol. The van der Waals surface area contributed by atoms with Crippen molar-refractivity contribution in [2.45, 2.75) is 50.6 Å². The van der Waals surface area contributed by atoms with Crippen LogP contribution < -0.4 is 10.0 Å². The van der Waals surface area contributed by atoms with Gasteiger partial charge in [0.25, 0.3) is 0 Å². The second-order valence-electron chi connectivity index (χ2n) is 5.89. The molecule has 0 bridgehead atoms. The van der Waals surface area contributed by atoms with Crippen molar-refractivity contribution in [3.05, 3.63) is 12.4 Å². The minimum atomic E-state index is -3.49. The number of nitrogens with one attached hydrogen (secondary N) is 2. The summed E-state index contributed by atoms with van der Waals surface area (Å²) in [5.74, 6) is 0.445. The Labute approximate surface area is 121 Å². The maximum absolute atomic E-state index is 12.3. The molecule has 0 spiro atoms. The van der Waals surface area contributed by atoms with Crippen molar-refractivity contribution in [2.75, 3.05) is 13.1 Å². The van der Waals surface area contributed by atoms with E-state index >= 15 is 0 Å². The van der Waals surface area contributed by atoms with Crippen molar-refractivity contribution in [3.8, 4) is 0 Å². The van der Waals surface area contributed by atoms with Crippen LogP contribution in [0, 0.1) is 5.92 Å². The summed E-state index contributed by atoms with van der Waals surface area (Å²) in [6.45, 7) is 8.25. The minimum Gasteiger partial charge on any atom is -0.315 e. The maximum atomic E-state index is 12.3. The van der Waals surface area contributed by atoms with Crippen molar-refractivity contribution < 1.29 is 8.42 Å². The summed E-state index contributed by atoms with van der Waals surface area (Å²) in [5.41, 5.74) is -0.384. The Morgan fingerprint density at radius 2 is 2.15 bits per heavy atom. The molecule has 0 unspecified atom stereocenters. The second-order valence-corrected chi connectivity index (χ2v) is 7.58. The lowest BCUT2D eigenvalue weighted by Crippen LogP contribution is -2.44. The van der Waals surface area contributed by atoms with E-state index in [2.05, 4.69) is 15.1 Å². The monoisotopic (exact) mass is 300 g/mol. The molecule has 0 aromatic carbocycles. The van der Waals surface area contributed by atoms with Crippen LogP contribution in [-0.4, -0.2) is 36.8 Å². The smallest absolute Gasteiger partial charge is 0.244 e. The van der Waals surface area contributed by atoms with Crippen LogP contribution in [0.4, 0.5) is 0 Å². The zero-order valence-electron chi connectivity index (χ0n) is 12.4. The van der Waals surface area contributed by atoms with E-state index in [-0.39, 0.29) is 10.4 Å². The van der Waals surface area contributed by atoms with Crippen molar-refractivity contribution in [3.63, 3.8) is 0 Å². The van der Waals surface area contributed by atoms with E-state index in [1.54, 1.807) is 10.9 Å². The molecule has 1 saturated carbocycles. The summed E-state index contributed by atoms with van der Waals surface area (Å²) in [6.07, 6.45) is 5.19. The first kappa shape index (κ1) is 15.5. The topological polar surface area (TPSA) is 76.0 Å². The van der Waals surface area contributed by atoms with Crippen LogP contribution in [0.15, 0.2) is 17.3 Å². The van der Waals surface area contributed by atoms with Gasteiger partial charge in [-0.2, -0.15) is 5.10 Å². The summed E-state index contributed by atoms with van der Waals surface area (Å²) in [7, 11) is -3.49. The third-order valence-corrected chi connectivity index (χ3v) is 5.31. The highest BCUT2D eigenvalue weighted by Crippen LogP contribution is 2.39. The van der Waals surface area contributed by atoms with Gasteiger partial charge >= 0.3 is 0 Å². The van der Waals surface area contributed by atoms with Crippen LogP contribution in [0.3, 0.4) is 0 Å². The van der Waals surface area contributed by atoms with Crippen molar-refractivity contribution in [1.29, 1.82) is 0 Å². The van der Waals surface area contributed by atoms with Gasteiger partial charge in [-0.15, -0.1) is 0 Å². The molecular weight excluding hydrogens is 276 g/mol. The number of hydrogen-bond acceptors (Lipinski definition) is 4.